The van der Waals surface area contributed by atoms with Crippen molar-refractivity contribution in [2.24, 2.45) is 0 Å². The average molecular weight is 210 g/mol. The summed E-state index contributed by atoms with van der Waals surface area (Å²) in [5.74, 6) is 0. The Labute approximate surface area is 113 Å². The van der Waals surface area contributed by atoms with Crippen molar-refractivity contribution in [3.8, 4) is 0 Å². The average Bonchev–Trinajstić information content (AvgIpc) is 2.10. The standard InChI is InChI=1S/C12H25.H3N.Na/c1-3-5-7-9-11-12-10-8-6-4-2;;/h1,3-12H2,2H3;1H3;/q-1;;+1/p+1. The number of hydrogen-bond donors (Lipinski definition) is 1. The molecule has 0 bridgehead atoms. The molecule has 14 heavy (non-hydrogen) atoms. The molecule has 0 saturated heterocycles. The summed E-state index contributed by atoms with van der Waals surface area (Å²) in [6, 6.07) is 0. The minimum atomic E-state index is 0. The molecule has 0 aliphatic heterocycles. The van der Waals surface area contributed by atoms with Crippen molar-refractivity contribution < 1.29 is 29.6 Å². The minimum Gasteiger partial charge on any atom is -0.369 e. The maximum atomic E-state index is 3.84. The third kappa shape index (κ3) is 18.7. The van der Waals surface area contributed by atoms with Gasteiger partial charge in [-0.1, -0.05) is 64.7 Å². The summed E-state index contributed by atoms with van der Waals surface area (Å²) in [4.78, 5) is 0. The van der Waals surface area contributed by atoms with E-state index in [1.165, 1.54) is 57.8 Å². The van der Waals surface area contributed by atoms with Gasteiger partial charge in [-0.05, 0) is 0 Å². The van der Waals surface area contributed by atoms with Gasteiger partial charge in [-0.25, -0.2) is 0 Å². The molecular weight excluding hydrogens is 181 g/mol. The van der Waals surface area contributed by atoms with Gasteiger partial charge in [-0.2, -0.15) is 6.42 Å². The van der Waals surface area contributed by atoms with Crippen molar-refractivity contribution in [1.82, 2.24) is 6.15 Å². The van der Waals surface area contributed by atoms with Crippen molar-refractivity contribution in [2.45, 2.75) is 71.1 Å². The molecule has 0 aromatic rings. The molecule has 1 nitrogen and oxygen atoms in total. The van der Waals surface area contributed by atoms with Crippen LogP contribution in [-0.2, 0) is 0 Å². The first-order valence-electron chi connectivity index (χ1n) is 5.71. The van der Waals surface area contributed by atoms with Gasteiger partial charge < -0.3 is 13.1 Å². The number of quaternary nitrogens is 1. The van der Waals surface area contributed by atoms with Crippen LogP contribution in [0.4, 0.5) is 0 Å². The summed E-state index contributed by atoms with van der Waals surface area (Å²) in [7, 11) is 0. The van der Waals surface area contributed by atoms with Gasteiger partial charge in [-0.3, -0.25) is 0 Å². The van der Waals surface area contributed by atoms with Gasteiger partial charge in [0.15, 0.2) is 0 Å². The van der Waals surface area contributed by atoms with E-state index in [-0.39, 0.29) is 35.7 Å². The van der Waals surface area contributed by atoms with Gasteiger partial charge in [0.1, 0.15) is 0 Å². The van der Waals surface area contributed by atoms with Crippen molar-refractivity contribution in [3.05, 3.63) is 6.92 Å². The van der Waals surface area contributed by atoms with Gasteiger partial charge in [-0.15, -0.1) is 0 Å². The molecule has 0 aliphatic rings. The summed E-state index contributed by atoms with van der Waals surface area (Å²) < 4.78 is 0. The molecule has 0 fully saturated rings. The summed E-state index contributed by atoms with van der Waals surface area (Å²) in [5, 5.41) is 0. The molecule has 0 radical (unpaired) electrons. The second-order valence-corrected chi connectivity index (χ2v) is 3.68. The normalized spacial score (nSPS) is 9.00. The second-order valence-electron chi connectivity index (χ2n) is 3.68. The van der Waals surface area contributed by atoms with E-state index in [1.54, 1.807) is 0 Å². The molecule has 0 spiro atoms. The first-order valence-corrected chi connectivity index (χ1v) is 5.71. The summed E-state index contributed by atoms with van der Waals surface area (Å²) >= 11 is 0. The van der Waals surface area contributed by atoms with E-state index in [9.17, 15) is 0 Å². The fourth-order valence-electron chi connectivity index (χ4n) is 1.49. The Morgan fingerprint density at radius 1 is 0.714 bits per heavy atom. The Morgan fingerprint density at radius 2 is 1.07 bits per heavy atom. The molecule has 0 heterocycles. The fraction of sp³-hybridized carbons (Fsp3) is 0.917. The predicted molar refractivity (Wildman–Crippen MR) is 63.2 cm³/mol. The van der Waals surface area contributed by atoms with Crippen LogP contribution in [0.1, 0.15) is 71.1 Å². The smallest absolute Gasteiger partial charge is 0.369 e. The van der Waals surface area contributed by atoms with E-state index in [0.717, 1.165) is 6.42 Å². The first-order chi connectivity index (χ1) is 5.91. The van der Waals surface area contributed by atoms with E-state index in [2.05, 4.69) is 13.8 Å². The van der Waals surface area contributed by atoms with Crippen molar-refractivity contribution >= 4 is 0 Å². The fourth-order valence-corrected chi connectivity index (χ4v) is 1.49. The Balaban J connectivity index is -0.000000605. The summed E-state index contributed by atoms with van der Waals surface area (Å²) in [5.41, 5.74) is 0. The predicted octanol–water partition coefficient (Wildman–Crippen LogP) is 2.12. The molecule has 0 amide bonds. The second kappa shape index (κ2) is 19.5. The summed E-state index contributed by atoms with van der Waals surface area (Å²) in [6.07, 6.45) is 13.9. The van der Waals surface area contributed by atoms with Crippen molar-refractivity contribution in [2.75, 3.05) is 0 Å². The Morgan fingerprint density at radius 3 is 1.43 bits per heavy atom. The molecule has 0 unspecified atom stereocenters. The quantitative estimate of drug-likeness (QED) is 0.344. The molecule has 0 aromatic heterocycles. The van der Waals surface area contributed by atoms with E-state index in [1.807, 2.05) is 0 Å². The number of rotatable bonds is 9. The molecule has 82 valence electrons. The Bertz CT molecular complexity index is 66.7. The van der Waals surface area contributed by atoms with E-state index >= 15 is 0 Å². The molecular formula is C12H29NNa+. The van der Waals surface area contributed by atoms with Crippen LogP contribution in [-0.4, -0.2) is 0 Å². The monoisotopic (exact) mass is 210 g/mol. The van der Waals surface area contributed by atoms with Crippen LogP contribution in [0.15, 0.2) is 0 Å². The van der Waals surface area contributed by atoms with Crippen LogP contribution in [0.5, 0.6) is 0 Å². The van der Waals surface area contributed by atoms with Crippen LogP contribution in [0.2, 0.25) is 0 Å². The summed E-state index contributed by atoms with van der Waals surface area (Å²) in [6.45, 7) is 6.12. The van der Waals surface area contributed by atoms with Gasteiger partial charge in [0.05, 0.1) is 0 Å². The molecule has 0 aliphatic carbocycles. The van der Waals surface area contributed by atoms with E-state index in [0.29, 0.717) is 0 Å². The van der Waals surface area contributed by atoms with Gasteiger partial charge in [0.25, 0.3) is 0 Å². The van der Waals surface area contributed by atoms with Crippen LogP contribution < -0.4 is 35.7 Å². The Hall–Kier alpha value is 0.960. The number of hydrogen-bond acceptors (Lipinski definition) is 0. The van der Waals surface area contributed by atoms with Gasteiger partial charge >= 0.3 is 29.6 Å². The molecule has 0 atom stereocenters. The van der Waals surface area contributed by atoms with Crippen LogP contribution >= 0.6 is 0 Å². The van der Waals surface area contributed by atoms with Gasteiger partial charge in [0, 0.05) is 0 Å². The SMILES string of the molecule is [CH2-]CCCCCCCCCCC.[NH4+].[Na+]. The maximum Gasteiger partial charge on any atom is 1.00 e. The zero-order valence-corrected chi connectivity index (χ0v) is 12.8. The Kier molecular flexibility index (Phi) is 28.4. The molecule has 2 heteroatoms. The molecule has 0 aromatic carbocycles. The molecule has 0 saturated carbocycles. The number of unbranched alkanes of at least 4 members (excludes halogenated alkanes) is 9. The zero-order chi connectivity index (χ0) is 9.07. The zero-order valence-electron chi connectivity index (χ0n) is 10.8. The first kappa shape index (κ1) is 20.4. The minimum absolute atomic E-state index is 0. The maximum absolute atomic E-state index is 3.84. The molecule has 0 rings (SSSR count). The van der Waals surface area contributed by atoms with Crippen molar-refractivity contribution in [1.29, 1.82) is 0 Å². The van der Waals surface area contributed by atoms with E-state index in [4.69, 9.17) is 0 Å². The topological polar surface area (TPSA) is 36.5 Å². The van der Waals surface area contributed by atoms with Crippen molar-refractivity contribution in [3.63, 3.8) is 0 Å². The third-order valence-electron chi connectivity index (χ3n) is 2.35. The largest absolute Gasteiger partial charge is 1.00 e. The van der Waals surface area contributed by atoms with Gasteiger partial charge in [0.2, 0.25) is 0 Å². The van der Waals surface area contributed by atoms with Crippen LogP contribution in [0, 0.1) is 6.92 Å². The van der Waals surface area contributed by atoms with E-state index < -0.39 is 0 Å². The van der Waals surface area contributed by atoms with Crippen LogP contribution in [0.25, 0.3) is 0 Å². The molecule has 4 N–H and O–H groups in total. The third-order valence-corrected chi connectivity index (χ3v) is 2.35. The van der Waals surface area contributed by atoms with Crippen LogP contribution in [0.3, 0.4) is 0 Å².